The van der Waals surface area contributed by atoms with Gasteiger partial charge in [-0.3, -0.25) is 19.3 Å². The van der Waals surface area contributed by atoms with Crippen LogP contribution in [-0.2, 0) is 27.2 Å². The van der Waals surface area contributed by atoms with E-state index < -0.39 is 58.0 Å². The Balaban J connectivity index is 1.52. The maximum Gasteiger partial charge on any atom is 0.255 e. The van der Waals surface area contributed by atoms with E-state index in [-0.39, 0.29) is 29.7 Å². The molecule has 2 fully saturated rings. The molecule has 5 aliphatic rings. The zero-order valence-corrected chi connectivity index (χ0v) is 24.9. The number of rotatable bonds is 5. The fourth-order valence-electron chi connectivity index (χ4n) is 8.28. The number of carbonyl (C=O) groups is 3. The molecule has 0 spiro atoms. The molecule has 9 nitrogen and oxygen atoms in total. The number of allylic oxidation sites excluding steroid dienone is 4. The molecule has 0 heterocycles. The number of aliphatic hydroxyl groups excluding tert-OH is 2. The van der Waals surface area contributed by atoms with E-state index in [0.29, 0.717) is 29.4 Å². The Morgan fingerprint density at radius 1 is 1.12 bits per heavy atom. The van der Waals surface area contributed by atoms with Gasteiger partial charge in [-0.1, -0.05) is 38.0 Å². The highest BCUT2D eigenvalue weighted by atomic mass is 16.3. The van der Waals surface area contributed by atoms with E-state index in [9.17, 15) is 34.8 Å². The predicted molar refractivity (Wildman–Crippen MR) is 161 cm³/mol. The zero-order valence-electron chi connectivity index (χ0n) is 24.9. The lowest BCUT2D eigenvalue weighted by atomic mass is 9.57. The van der Waals surface area contributed by atoms with Gasteiger partial charge in [0, 0.05) is 11.5 Å². The fourth-order valence-corrected chi connectivity index (χ4v) is 8.28. The summed E-state index contributed by atoms with van der Waals surface area (Å²) in [4.78, 5) is 41.3. The number of phenols is 1. The maximum atomic E-state index is 14.2. The van der Waals surface area contributed by atoms with Crippen LogP contribution in [0, 0.1) is 23.7 Å². The molecule has 6 N–H and O–H groups in total. The molecule has 0 aliphatic heterocycles. The van der Waals surface area contributed by atoms with Gasteiger partial charge in [-0.25, -0.2) is 0 Å². The molecule has 2 saturated carbocycles. The summed E-state index contributed by atoms with van der Waals surface area (Å²) >= 11 is 0. The van der Waals surface area contributed by atoms with Crippen molar-refractivity contribution in [3.63, 3.8) is 0 Å². The van der Waals surface area contributed by atoms with Gasteiger partial charge in [-0.15, -0.1) is 0 Å². The molecule has 43 heavy (non-hydrogen) atoms. The number of Topliss-reactive ketones (excluding diaryl/α,β-unsaturated/α-hetero) is 2. The molecule has 0 aromatic heterocycles. The van der Waals surface area contributed by atoms with E-state index in [2.05, 4.69) is 13.0 Å². The average Bonchev–Trinajstić information content (AvgIpc) is 3.48. The van der Waals surface area contributed by atoms with Crippen molar-refractivity contribution in [1.29, 1.82) is 0 Å². The van der Waals surface area contributed by atoms with Gasteiger partial charge in [0.05, 0.1) is 11.6 Å². The number of ketones is 2. The number of nitrogens with zero attached hydrogens (tertiary/aromatic N) is 1. The van der Waals surface area contributed by atoms with E-state index in [1.54, 1.807) is 14.1 Å². The molecule has 1 aromatic carbocycles. The third-order valence-corrected chi connectivity index (χ3v) is 10.5. The molecule has 6 rings (SSSR count). The number of aromatic hydroxyl groups is 1. The van der Waals surface area contributed by atoms with Crippen LogP contribution in [0.4, 0.5) is 0 Å². The number of amides is 1. The Hall–Kier alpha value is -3.69. The Labute approximate surface area is 251 Å². The van der Waals surface area contributed by atoms with Crippen LogP contribution < -0.4 is 5.73 Å². The number of benzene rings is 1. The van der Waals surface area contributed by atoms with Crippen LogP contribution in [0.3, 0.4) is 0 Å². The van der Waals surface area contributed by atoms with Gasteiger partial charge in [-0.05, 0) is 98.7 Å². The highest BCUT2D eigenvalue weighted by Crippen LogP contribution is 2.54. The number of likely N-dealkylation sites (N-methyl/N-ethyl adjacent to an activating group) is 1. The van der Waals surface area contributed by atoms with Gasteiger partial charge in [0.25, 0.3) is 5.91 Å². The molecule has 228 valence electrons. The van der Waals surface area contributed by atoms with E-state index in [1.807, 2.05) is 18.2 Å². The van der Waals surface area contributed by atoms with Crippen LogP contribution in [0.2, 0.25) is 0 Å². The SMILES string of the molecule is CC1CCC(Cc2cc(C3=CCC=C3)c3c(c2O)C(O)=C2C(=O)[C@@]4(O)C(O)=C(C(N)=O)C(=O)[C@H](N(C)C)[C@H]4C[C@H]2C3)CC1. The number of phenolic OH excluding ortho intramolecular Hbond substituents is 1. The second kappa shape index (κ2) is 10.5. The number of nitrogens with two attached hydrogens (primary N) is 1. The van der Waals surface area contributed by atoms with Gasteiger partial charge in [0.1, 0.15) is 22.8 Å². The summed E-state index contributed by atoms with van der Waals surface area (Å²) < 4.78 is 0. The minimum absolute atomic E-state index is 0.0723. The lowest BCUT2D eigenvalue weighted by Gasteiger charge is -2.50. The highest BCUT2D eigenvalue weighted by Gasteiger charge is 2.64. The Morgan fingerprint density at radius 3 is 2.42 bits per heavy atom. The van der Waals surface area contributed by atoms with Crippen molar-refractivity contribution < 1.29 is 34.8 Å². The standard InChI is InChI=1S/C34H40N2O7/c1-16-8-10-17(11-9-16)12-20-14-21(18-6-4-5-7-18)22-13-19-15-23-27(36(2)3)30(39)26(33(35)42)32(41)34(23,43)31(40)24(19)29(38)25(22)28(20)37/h4,6-7,14,16-17,19,23,27,37-38,41,43H,5,8-13,15H2,1-3H3,(H2,35,42)/t16?,17?,19-,23-,27-,34-/m1/s1. The van der Waals surface area contributed by atoms with Gasteiger partial charge < -0.3 is 26.2 Å². The molecule has 0 saturated heterocycles. The van der Waals surface area contributed by atoms with Crippen molar-refractivity contribution in [1.82, 2.24) is 4.90 Å². The molecular weight excluding hydrogens is 548 g/mol. The number of hydrogen-bond acceptors (Lipinski definition) is 8. The molecule has 0 radical (unpaired) electrons. The molecule has 5 aliphatic carbocycles. The van der Waals surface area contributed by atoms with Crippen LogP contribution in [0.25, 0.3) is 11.3 Å². The molecule has 4 atom stereocenters. The second-order valence-corrected chi connectivity index (χ2v) is 13.4. The predicted octanol–water partition coefficient (Wildman–Crippen LogP) is 3.68. The average molecular weight is 589 g/mol. The van der Waals surface area contributed by atoms with Crippen molar-refractivity contribution in [2.45, 2.75) is 69.9 Å². The minimum atomic E-state index is -2.64. The largest absolute Gasteiger partial charge is 0.508 e. The van der Waals surface area contributed by atoms with Crippen LogP contribution in [0.5, 0.6) is 5.75 Å². The van der Waals surface area contributed by atoms with Gasteiger partial charge in [0.15, 0.2) is 11.4 Å². The molecular formula is C34H40N2O7. The smallest absolute Gasteiger partial charge is 0.255 e. The number of hydrogen-bond donors (Lipinski definition) is 5. The summed E-state index contributed by atoms with van der Waals surface area (Å²) in [6, 6.07) is 0.916. The number of fused-ring (bicyclic) bond motifs is 3. The van der Waals surface area contributed by atoms with E-state index in [1.165, 1.54) is 4.90 Å². The normalized spacial score (nSPS) is 32.1. The number of carbonyl (C=O) groups excluding carboxylic acids is 3. The Kier molecular flexibility index (Phi) is 7.17. The second-order valence-electron chi connectivity index (χ2n) is 13.4. The van der Waals surface area contributed by atoms with Gasteiger partial charge in [-0.2, -0.15) is 0 Å². The minimum Gasteiger partial charge on any atom is -0.508 e. The Bertz CT molecular complexity index is 1560. The monoisotopic (exact) mass is 588 g/mol. The van der Waals surface area contributed by atoms with Gasteiger partial charge >= 0.3 is 0 Å². The third kappa shape index (κ3) is 4.39. The van der Waals surface area contributed by atoms with Crippen LogP contribution in [0.1, 0.15) is 67.7 Å². The summed E-state index contributed by atoms with van der Waals surface area (Å²) in [5, 5.41) is 46.5. The summed E-state index contributed by atoms with van der Waals surface area (Å²) in [7, 11) is 3.19. The third-order valence-electron chi connectivity index (χ3n) is 10.5. The molecule has 9 heteroatoms. The maximum absolute atomic E-state index is 14.2. The topological polar surface area (TPSA) is 161 Å². The van der Waals surface area contributed by atoms with Gasteiger partial charge in [0.2, 0.25) is 5.78 Å². The van der Waals surface area contributed by atoms with Crippen molar-refractivity contribution in [2.24, 2.45) is 29.4 Å². The van der Waals surface area contributed by atoms with E-state index >= 15 is 0 Å². The first kappa shape index (κ1) is 29.4. The first-order valence-electron chi connectivity index (χ1n) is 15.3. The first-order chi connectivity index (χ1) is 20.4. The summed E-state index contributed by atoms with van der Waals surface area (Å²) in [6.07, 6.45) is 12.3. The molecule has 1 amide bonds. The lowest BCUT2D eigenvalue weighted by molar-refractivity contribution is -0.153. The van der Waals surface area contributed by atoms with Crippen molar-refractivity contribution in [2.75, 3.05) is 14.1 Å². The van der Waals surface area contributed by atoms with E-state index in [4.69, 9.17) is 5.73 Å². The van der Waals surface area contributed by atoms with Crippen molar-refractivity contribution in [3.8, 4) is 5.75 Å². The number of aliphatic hydroxyl groups is 3. The summed E-state index contributed by atoms with van der Waals surface area (Å²) in [5.74, 6) is -5.20. The quantitative estimate of drug-likeness (QED) is 0.326. The Morgan fingerprint density at radius 2 is 1.81 bits per heavy atom. The van der Waals surface area contributed by atoms with Crippen molar-refractivity contribution in [3.05, 3.63) is 63.5 Å². The lowest BCUT2D eigenvalue weighted by Crippen LogP contribution is -2.65. The van der Waals surface area contributed by atoms with Crippen LogP contribution in [0.15, 0.2) is 41.2 Å². The zero-order chi connectivity index (χ0) is 31.0. The van der Waals surface area contributed by atoms with Crippen LogP contribution in [-0.4, -0.2) is 68.5 Å². The fraction of sp³-hybridized carbons (Fsp3) is 0.500. The molecule has 0 bridgehead atoms. The highest BCUT2D eigenvalue weighted by molar-refractivity contribution is 6.24. The molecule has 1 aromatic rings. The summed E-state index contributed by atoms with van der Waals surface area (Å²) in [5.41, 5.74) is 5.32. The van der Waals surface area contributed by atoms with Crippen molar-refractivity contribution >= 4 is 28.8 Å². The van der Waals surface area contributed by atoms with Crippen LogP contribution >= 0.6 is 0 Å². The molecule has 0 unspecified atom stereocenters. The number of primary amides is 1. The first-order valence-corrected chi connectivity index (χ1v) is 15.3. The summed E-state index contributed by atoms with van der Waals surface area (Å²) in [6.45, 7) is 2.26. The van der Waals surface area contributed by atoms with E-state index in [0.717, 1.165) is 43.2 Å².